The third kappa shape index (κ3) is 5.37. The molecular formula is C20H34N4O4. The molecule has 3 heterocycles. The van der Waals surface area contributed by atoms with Crippen molar-refractivity contribution in [2.75, 3.05) is 65.5 Å². The molecule has 158 valence electrons. The molecule has 8 heteroatoms. The molecule has 3 amide bonds. The molecule has 0 aliphatic carbocycles. The van der Waals surface area contributed by atoms with Crippen molar-refractivity contribution in [3.63, 3.8) is 0 Å². The summed E-state index contributed by atoms with van der Waals surface area (Å²) in [6.45, 7) is 8.51. The van der Waals surface area contributed by atoms with E-state index in [4.69, 9.17) is 4.74 Å². The maximum Gasteiger partial charge on any atom is 0.320 e. The minimum Gasteiger partial charge on any atom is -0.465 e. The summed E-state index contributed by atoms with van der Waals surface area (Å²) in [4.78, 5) is 45.0. The van der Waals surface area contributed by atoms with Crippen molar-refractivity contribution in [2.45, 2.75) is 39.0 Å². The van der Waals surface area contributed by atoms with E-state index in [2.05, 4.69) is 4.90 Å². The number of likely N-dealkylation sites (tertiary alicyclic amines) is 2. The second-order valence-corrected chi connectivity index (χ2v) is 8.00. The minimum absolute atomic E-state index is 0.0132. The van der Waals surface area contributed by atoms with E-state index in [1.54, 1.807) is 0 Å². The van der Waals surface area contributed by atoms with Gasteiger partial charge in [0.2, 0.25) is 5.91 Å². The van der Waals surface area contributed by atoms with E-state index >= 15 is 0 Å². The van der Waals surface area contributed by atoms with Crippen LogP contribution in [0.5, 0.6) is 0 Å². The van der Waals surface area contributed by atoms with Crippen LogP contribution >= 0.6 is 0 Å². The average Bonchev–Trinajstić information content (AvgIpc) is 3.15. The van der Waals surface area contributed by atoms with Crippen molar-refractivity contribution < 1.29 is 19.1 Å². The SMILES string of the molecule is CCOC(=O)CN1CCCN(C(=O)C2CCN(C(=O)N3CCCC3)CC2)CC1. The van der Waals surface area contributed by atoms with Crippen LogP contribution in [-0.2, 0) is 14.3 Å². The van der Waals surface area contributed by atoms with Crippen LogP contribution in [0.4, 0.5) is 4.79 Å². The Labute approximate surface area is 167 Å². The zero-order valence-electron chi connectivity index (χ0n) is 17.1. The normalized spacial score (nSPS) is 22.2. The Morgan fingerprint density at radius 1 is 0.786 bits per heavy atom. The molecule has 3 aliphatic heterocycles. The van der Waals surface area contributed by atoms with E-state index in [9.17, 15) is 14.4 Å². The number of rotatable bonds is 4. The van der Waals surface area contributed by atoms with Gasteiger partial charge in [0.15, 0.2) is 0 Å². The van der Waals surface area contributed by atoms with Gasteiger partial charge in [-0.2, -0.15) is 0 Å². The number of hydrogen-bond donors (Lipinski definition) is 0. The standard InChI is InChI=1S/C20H34N4O4/c1-2-28-18(25)16-21-8-5-11-22(15-14-21)19(26)17-6-12-24(13-7-17)20(27)23-9-3-4-10-23/h17H,2-16H2,1H3. The topological polar surface area (TPSA) is 73.4 Å². The molecule has 0 saturated carbocycles. The van der Waals surface area contributed by atoms with E-state index in [0.717, 1.165) is 58.3 Å². The van der Waals surface area contributed by atoms with Crippen LogP contribution in [0, 0.1) is 5.92 Å². The second kappa shape index (κ2) is 10.1. The monoisotopic (exact) mass is 394 g/mol. The Morgan fingerprint density at radius 3 is 2.11 bits per heavy atom. The van der Waals surface area contributed by atoms with E-state index in [-0.39, 0.29) is 23.8 Å². The zero-order valence-corrected chi connectivity index (χ0v) is 17.1. The molecule has 3 saturated heterocycles. The zero-order chi connectivity index (χ0) is 19.9. The van der Waals surface area contributed by atoms with Crippen molar-refractivity contribution in [1.29, 1.82) is 0 Å². The fourth-order valence-electron chi connectivity index (χ4n) is 4.42. The van der Waals surface area contributed by atoms with Crippen molar-refractivity contribution >= 4 is 17.9 Å². The molecular weight excluding hydrogens is 360 g/mol. The summed E-state index contributed by atoms with van der Waals surface area (Å²) in [5.41, 5.74) is 0. The Bertz CT molecular complexity index is 556. The van der Waals surface area contributed by atoms with Crippen LogP contribution in [0.15, 0.2) is 0 Å². The average molecular weight is 395 g/mol. The lowest BCUT2D eigenvalue weighted by Crippen LogP contribution is -2.48. The molecule has 0 bridgehead atoms. The summed E-state index contributed by atoms with van der Waals surface area (Å²) in [6, 6.07) is 0.146. The Balaban J connectivity index is 1.43. The number of ether oxygens (including phenoxy) is 1. The minimum atomic E-state index is -0.197. The van der Waals surface area contributed by atoms with Crippen LogP contribution < -0.4 is 0 Å². The third-order valence-corrected chi connectivity index (χ3v) is 6.05. The number of piperidine rings is 1. The Kier molecular flexibility index (Phi) is 7.53. The molecule has 0 spiro atoms. The van der Waals surface area contributed by atoms with Gasteiger partial charge in [-0.3, -0.25) is 14.5 Å². The highest BCUT2D eigenvalue weighted by molar-refractivity contribution is 5.80. The molecule has 0 aromatic carbocycles. The van der Waals surface area contributed by atoms with E-state index < -0.39 is 0 Å². The van der Waals surface area contributed by atoms with Gasteiger partial charge < -0.3 is 19.4 Å². The maximum atomic E-state index is 13.0. The van der Waals surface area contributed by atoms with Crippen molar-refractivity contribution in [3.8, 4) is 0 Å². The quantitative estimate of drug-likeness (QED) is 0.666. The first-order valence-electron chi connectivity index (χ1n) is 10.8. The summed E-state index contributed by atoms with van der Waals surface area (Å²) in [5, 5.41) is 0. The van der Waals surface area contributed by atoms with Crippen molar-refractivity contribution in [1.82, 2.24) is 19.6 Å². The fourth-order valence-corrected chi connectivity index (χ4v) is 4.42. The van der Waals surface area contributed by atoms with Crippen molar-refractivity contribution in [2.24, 2.45) is 5.92 Å². The number of carbonyl (C=O) groups is 3. The predicted octanol–water partition coefficient (Wildman–Crippen LogP) is 1.01. The first-order valence-corrected chi connectivity index (χ1v) is 10.8. The molecule has 0 unspecified atom stereocenters. The molecule has 3 fully saturated rings. The van der Waals surface area contributed by atoms with E-state index in [0.29, 0.717) is 39.3 Å². The lowest BCUT2D eigenvalue weighted by molar-refractivity contribution is -0.144. The van der Waals surface area contributed by atoms with Gasteiger partial charge in [0.05, 0.1) is 13.2 Å². The van der Waals surface area contributed by atoms with Crippen LogP contribution in [0.25, 0.3) is 0 Å². The number of nitrogens with zero attached hydrogens (tertiary/aromatic N) is 4. The molecule has 3 rings (SSSR count). The summed E-state index contributed by atoms with van der Waals surface area (Å²) in [5.74, 6) is 0.0304. The number of carbonyl (C=O) groups excluding carboxylic acids is 3. The highest BCUT2D eigenvalue weighted by Crippen LogP contribution is 2.22. The van der Waals surface area contributed by atoms with Crippen LogP contribution in [0.3, 0.4) is 0 Å². The molecule has 0 aromatic rings. The summed E-state index contributed by atoms with van der Waals surface area (Å²) >= 11 is 0. The van der Waals surface area contributed by atoms with Gasteiger partial charge >= 0.3 is 12.0 Å². The van der Waals surface area contributed by atoms with Gasteiger partial charge in [0, 0.05) is 58.3 Å². The Morgan fingerprint density at radius 2 is 1.43 bits per heavy atom. The lowest BCUT2D eigenvalue weighted by Gasteiger charge is -2.35. The van der Waals surface area contributed by atoms with Gasteiger partial charge in [-0.05, 0) is 39.0 Å². The molecule has 0 radical (unpaired) electrons. The highest BCUT2D eigenvalue weighted by atomic mass is 16.5. The van der Waals surface area contributed by atoms with Crippen LogP contribution in [0.2, 0.25) is 0 Å². The van der Waals surface area contributed by atoms with E-state index in [1.807, 2.05) is 21.6 Å². The molecule has 3 aliphatic rings. The fraction of sp³-hybridized carbons (Fsp3) is 0.850. The number of hydrogen-bond acceptors (Lipinski definition) is 5. The van der Waals surface area contributed by atoms with Crippen LogP contribution in [0.1, 0.15) is 39.0 Å². The largest absolute Gasteiger partial charge is 0.465 e. The molecule has 0 N–H and O–H groups in total. The van der Waals surface area contributed by atoms with Gasteiger partial charge in [-0.25, -0.2) is 4.79 Å². The van der Waals surface area contributed by atoms with Crippen LogP contribution in [-0.4, -0.2) is 103 Å². The summed E-state index contributed by atoms with van der Waals surface area (Å²) in [7, 11) is 0. The van der Waals surface area contributed by atoms with Gasteiger partial charge in [0.1, 0.15) is 0 Å². The third-order valence-electron chi connectivity index (χ3n) is 6.05. The smallest absolute Gasteiger partial charge is 0.320 e. The molecule has 0 aromatic heterocycles. The summed E-state index contributed by atoms with van der Waals surface area (Å²) < 4.78 is 5.02. The number of urea groups is 1. The summed E-state index contributed by atoms with van der Waals surface area (Å²) in [6.07, 6.45) is 4.58. The lowest BCUT2D eigenvalue weighted by atomic mass is 9.95. The molecule has 8 nitrogen and oxygen atoms in total. The van der Waals surface area contributed by atoms with Gasteiger partial charge in [-0.1, -0.05) is 0 Å². The first-order chi connectivity index (χ1) is 13.6. The first kappa shape index (κ1) is 20.9. The second-order valence-electron chi connectivity index (χ2n) is 8.00. The van der Waals surface area contributed by atoms with Gasteiger partial charge in [-0.15, -0.1) is 0 Å². The van der Waals surface area contributed by atoms with Gasteiger partial charge in [0.25, 0.3) is 0 Å². The highest BCUT2D eigenvalue weighted by Gasteiger charge is 2.33. The number of esters is 1. The van der Waals surface area contributed by atoms with E-state index in [1.165, 1.54) is 0 Å². The molecule has 0 atom stereocenters. The number of amides is 3. The van der Waals surface area contributed by atoms with Crippen molar-refractivity contribution in [3.05, 3.63) is 0 Å². The Hall–Kier alpha value is -1.83. The maximum absolute atomic E-state index is 13.0. The molecule has 28 heavy (non-hydrogen) atoms. The predicted molar refractivity (Wildman–Crippen MR) is 105 cm³/mol.